The fourth-order valence-corrected chi connectivity index (χ4v) is 1.06. The summed E-state index contributed by atoms with van der Waals surface area (Å²) in [5, 5.41) is 30.0. The molecule has 5 heteroatoms. The molecule has 4 unspecified atom stereocenters. The normalized spacial score (nSPS) is 45.8. The predicted octanol–water partition coefficient (Wildman–Crippen LogP) is -2.36. The first-order valence-electron chi connectivity index (χ1n) is 3.50. The maximum atomic E-state index is 9.26. The summed E-state index contributed by atoms with van der Waals surface area (Å²) in [4.78, 5) is 0. The number of likely N-dealkylation sites (N-methyl/N-ethyl adjacent to an activating group) is 1. The fourth-order valence-electron chi connectivity index (χ4n) is 1.06. The first kappa shape index (κ1) is 8.89. The summed E-state index contributed by atoms with van der Waals surface area (Å²) in [6, 6.07) is -0.312. The van der Waals surface area contributed by atoms with E-state index in [1.807, 2.05) is 0 Å². The van der Waals surface area contributed by atoms with Crippen LogP contribution in [0.1, 0.15) is 0 Å². The molecular formula is C6H13NO4. The molecule has 1 aliphatic heterocycles. The second-order valence-corrected chi connectivity index (χ2v) is 2.60. The van der Waals surface area contributed by atoms with Crippen LogP contribution in [-0.4, -0.2) is 53.5 Å². The Bertz CT molecular complexity index is 130. The van der Waals surface area contributed by atoms with E-state index < -0.39 is 18.5 Å². The zero-order chi connectivity index (χ0) is 8.43. The Morgan fingerprint density at radius 3 is 2.45 bits per heavy atom. The van der Waals surface area contributed by atoms with Gasteiger partial charge < -0.3 is 25.4 Å². The molecule has 0 aromatic rings. The molecule has 0 aromatic heterocycles. The highest BCUT2D eigenvalue weighted by Crippen LogP contribution is 2.12. The molecule has 0 spiro atoms. The van der Waals surface area contributed by atoms with E-state index in [4.69, 9.17) is 14.9 Å². The molecular weight excluding hydrogens is 150 g/mol. The van der Waals surface area contributed by atoms with E-state index in [9.17, 15) is 5.11 Å². The lowest BCUT2D eigenvalue weighted by Gasteiger charge is -2.34. The molecule has 0 aromatic carbocycles. The molecule has 4 N–H and O–H groups in total. The third-order valence-electron chi connectivity index (χ3n) is 1.87. The van der Waals surface area contributed by atoms with Crippen molar-refractivity contribution < 1.29 is 20.1 Å². The number of rotatable bonds is 1. The van der Waals surface area contributed by atoms with Crippen molar-refractivity contribution >= 4 is 0 Å². The highest BCUT2D eigenvalue weighted by atomic mass is 16.6. The van der Waals surface area contributed by atoms with E-state index >= 15 is 0 Å². The molecule has 5 nitrogen and oxygen atoms in total. The summed E-state index contributed by atoms with van der Waals surface area (Å²) in [6.45, 7) is 0.204. The number of aliphatic hydroxyl groups excluding tert-OH is 3. The van der Waals surface area contributed by atoms with Crippen molar-refractivity contribution in [3.8, 4) is 0 Å². The van der Waals surface area contributed by atoms with Crippen LogP contribution < -0.4 is 5.32 Å². The minimum Gasteiger partial charge on any atom is -0.388 e. The van der Waals surface area contributed by atoms with Gasteiger partial charge >= 0.3 is 0 Å². The van der Waals surface area contributed by atoms with Gasteiger partial charge in [0.25, 0.3) is 0 Å². The van der Waals surface area contributed by atoms with Crippen molar-refractivity contribution in [1.82, 2.24) is 5.32 Å². The minimum absolute atomic E-state index is 0.204. The number of hydrogen-bond acceptors (Lipinski definition) is 5. The topological polar surface area (TPSA) is 82.0 Å². The lowest BCUT2D eigenvalue weighted by Crippen LogP contribution is -2.57. The van der Waals surface area contributed by atoms with Crippen LogP contribution in [0.4, 0.5) is 0 Å². The van der Waals surface area contributed by atoms with Crippen molar-refractivity contribution in [3.63, 3.8) is 0 Å². The van der Waals surface area contributed by atoms with Gasteiger partial charge in [0, 0.05) is 0 Å². The van der Waals surface area contributed by atoms with Crippen LogP contribution in [0.2, 0.25) is 0 Å². The molecule has 1 heterocycles. The van der Waals surface area contributed by atoms with E-state index in [0.29, 0.717) is 0 Å². The van der Waals surface area contributed by atoms with Gasteiger partial charge in [0.15, 0.2) is 6.29 Å². The molecule has 11 heavy (non-hydrogen) atoms. The van der Waals surface area contributed by atoms with Crippen LogP contribution in [0.3, 0.4) is 0 Å². The predicted molar refractivity (Wildman–Crippen MR) is 36.8 cm³/mol. The summed E-state index contributed by atoms with van der Waals surface area (Å²) in [5.41, 5.74) is 0. The summed E-state index contributed by atoms with van der Waals surface area (Å²) < 4.78 is 4.75. The van der Waals surface area contributed by atoms with Crippen LogP contribution in [-0.2, 0) is 4.74 Å². The lowest BCUT2D eigenvalue weighted by atomic mass is 10.0. The Kier molecular flexibility index (Phi) is 2.80. The van der Waals surface area contributed by atoms with Gasteiger partial charge in [-0.05, 0) is 7.05 Å². The second-order valence-electron chi connectivity index (χ2n) is 2.60. The monoisotopic (exact) mass is 163 g/mol. The van der Waals surface area contributed by atoms with E-state index in [0.717, 1.165) is 0 Å². The zero-order valence-corrected chi connectivity index (χ0v) is 6.27. The molecule has 0 aliphatic carbocycles. The molecule has 66 valence electrons. The number of aliphatic hydroxyl groups is 3. The highest BCUT2D eigenvalue weighted by Gasteiger charge is 2.36. The molecule has 0 bridgehead atoms. The Labute approximate surface area is 64.6 Å². The molecule has 0 amide bonds. The Morgan fingerprint density at radius 2 is 1.91 bits per heavy atom. The molecule has 1 saturated heterocycles. The molecule has 1 fully saturated rings. The maximum absolute atomic E-state index is 9.26. The second kappa shape index (κ2) is 3.46. The van der Waals surface area contributed by atoms with Gasteiger partial charge in [0.2, 0.25) is 0 Å². The average Bonchev–Trinajstić information content (AvgIpc) is 2.01. The maximum Gasteiger partial charge on any atom is 0.183 e. The van der Waals surface area contributed by atoms with E-state index in [2.05, 4.69) is 5.32 Å². The third kappa shape index (κ3) is 1.69. The van der Waals surface area contributed by atoms with Crippen molar-refractivity contribution in [2.24, 2.45) is 0 Å². The summed E-state index contributed by atoms with van der Waals surface area (Å²) in [6.07, 6.45) is -3.46. The first-order chi connectivity index (χ1) is 5.16. The Balaban J connectivity index is 2.52. The number of nitrogens with one attached hydrogen (secondary N) is 1. The minimum atomic E-state index is -1.27. The summed E-state index contributed by atoms with van der Waals surface area (Å²) in [5.74, 6) is 0. The van der Waals surface area contributed by atoms with Gasteiger partial charge in [-0.2, -0.15) is 0 Å². The van der Waals surface area contributed by atoms with Crippen LogP contribution in [0.5, 0.6) is 0 Å². The van der Waals surface area contributed by atoms with E-state index in [-0.39, 0.29) is 12.6 Å². The van der Waals surface area contributed by atoms with Crippen LogP contribution in [0, 0.1) is 0 Å². The molecule has 1 aliphatic rings. The van der Waals surface area contributed by atoms with Crippen molar-refractivity contribution in [3.05, 3.63) is 0 Å². The Morgan fingerprint density at radius 1 is 1.27 bits per heavy atom. The van der Waals surface area contributed by atoms with Crippen molar-refractivity contribution in [2.45, 2.75) is 24.5 Å². The van der Waals surface area contributed by atoms with Gasteiger partial charge in [-0.25, -0.2) is 0 Å². The van der Waals surface area contributed by atoms with Crippen LogP contribution in [0.15, 0.2) is 0 Å². The van der Waals surface area contributed by atoms with Gasteiger partial charge in [-0.3, -0.25) is 0 Å². The fraction of sp³-hybridized carbons (Fsp3) is 1.00. The van der Waals surface area contributed by atoms with Crippen molar-refractivity contribution in [2.75, 3.05) is 13.7 Å². The van der Waals surface area contributed by atoms with E-state index in [1.54, 1.807) is 7.05 Å². The van der Waals surface area contributed by atoms with Crippen LogP contribution in [0.25, 0.3) is 0 Å². The largest absolute Gasteiger partial charge is 0.388 e. The van der Waals surface area contributed by atoms with Gasteiger partial charge in [-0.1, -0.05) is 0 Å². The molecule has 0 radical (unpaired) electrons. The van der Waals surface area contributed by atoms with E-state index in [1.165, 1.54) is 0 Å². The third-order valence-corrected chi connectivity index (χ3v) is 1.87. The molecule has 4 atom stereocenters. The lowest BCUT2D eigenvalue weighted by molar-refractivity contribution is -0.228. The van der Waals surface area contributed by atoms with Crippen LogP contribution >= 0.6 is 0 Å². The number of hydrogen-bond donors (Lipinski definition) is 4. The summed E-state index contributed by atoms with van der Waals surface area (Å²) >= 11 is 0. The van der Waals surface area contributed by atoms with Gasteiger partial charge in [0.05, 0.1) is 12.6 Å². The number of ether oxygens (including phenoxy) is 1. The van der Waals surface area contributed by atoms with Gasteiger partial charge in [-0.15, -0.1) is 0 Å². The molecule has 1 rings (SSSR count). The zero-order valence-electron chi connectivity index (χ0n) is 6.27. The molecule has 0 saturated carbocycles. The average molecular weight is 163 g/mol. The quantitative estimate of drug-likeness (QED) is 0.348. The first-order valence-corrected chi connectivity index (χ1v) is 3.50. The van der Waals surface area contributed by atoms with Gasteiger partial charge in [0.1, 0.15) is 12.2 Å². The Hall–Kier alpha value is -0.200. The van der Waals surface area contributed by atoms with Crippen molar-refractivity contribution in [1.29, 1.82) is 0 Å². The highest BCUT2D eigenvalue weighted by molar-refractivity contribution is 4.85. The smallest absolute Gasteiger partial charge is 0.183 e. The summed E-state index contributed by atoms with van der Waals surface area (Å²) in [7, 11) is 1.65. The standard InChI is InChI=1S/C6H13NO4/c1-7-3-2-11-6(10)5(9)4(3)8/h3-10H,2H2,1H3. The SMILES string of the molecule is CNC1COC(O)C(O)C1O.